The number of carbonyl (C=O) groups excluding carboxylic acids is 1. The maximum absolute atomic E-state index is 12.7. The second-order valence-corrected chi connectivity index (χ2v) is 5.62. The molecule has 7 heteroatoms. The van der Waals surface area contributed by atoms with Crippen molar-refractivity contribution in [2.45, 2.75) is 32.5 Å². The standard InChI is InChI=1S/C13H16F3N3O/c1-12(2)6-10(12)18-11(20)8-5-7(13(14,15)16)3-4-9(8)19-17/h3-5,10,19H,6,17H2,1-2H3,(H,18,20). The SMILES string of the molecule is CC1(C)CC1NC(=O)c1cc(C(F)(F)F)ccc1NN. The summed E-state index contributed by atoms with van der Waals surface area (Å²) in [4.78, 5) is 12.1. The van der Waals surface area contributed by atoms with Crippen molar-refractivity contribution < 1.29 is 18.0 Å². The second-order valence-electron chi connectivity index (χ2n) is 5.62. The highest BCUT2D eigenvalue weighted by atomic mass is 19.4. The summed E-state index contributed by atoms with van der Waals surface area (Å²) in [5.74, 6) is 4.68. The molecular weight excluding hydrogens is 271 g/mol. The van der Waals surface area contributed by atoms with Crippen LogP contribution in [0.4, 0.5) is 18.9 Å². The van der Waals surface area contributed by atoms with Crippen LogP contribution in [0.15, 0.2) is 18.2 Å². The number of hydrogen-bond acceptors (Lipinski definition) is 3. The van der Waals surface area contributed by atoms with E-state index in [4.69, 9.17) is 5.84 Å². The monoisotopic (exact) mass is 287 g/mol. The summed E-state index contributed by atoms with van der Waals surface area (Å²) in [6.07, 6.45) is -3.69. The van der Waals surface area contributed by atoms with E-state index in [1.807, 2.05) is 13.8 Å². The number of nitrogens with two attached hydrogens (primary N) is 1. The molecule has 1 unspecified atom stereocenters. The highest BCUT2D eigenvalue weighted by Crippen LogP contribution is 2.44. The summed E-state index contributed by atoms with van der Waals surface area (Å²) >= 11 is 0. The van der Waals surface area contributed by atoms with Gasteiger partial charge in [-0.15, -0.1) is 0 Å². The number of hydrazine groups is 1. The van der Waals surface area contributed by atoms with E-state index < -0.39 is 17.6 Å². The molecule has 0 aliphatic heterocycles. The van der Waals surface area contributed by atoms with E-state index in [1.165, 1.54) is 0 Å². The minimum Gasteiger partial charge on any atom is -0.349 e. The van der Waals surface area contributed by atoms with Gasteiger partial charge in [0, 0.05) is 6.04 Å². The van der Waals surface area contributed by atoms with E-state index in [0.29, 0.717) is 0 Å². The molecule has 0 spiro atoms. The van der Waals surface area contributed by atoms with Gasteiger partial charge in [0.1, 0.15) is 0 Å². The Morgan fingerprint density at radius 1 is 1.40 bits per heavy atom. The number of nitrogen functional groups attached to an aromatic ring is 1. The summed E-state index contributed by atoms with van der Waals surface area (Å²) in [6.45, 7) is 3.96. The fourth-order valence-electron chi connectivity index (χ4n) is 1.98. The molecule has 4 N–H and O–H groups in total. The van der Waals surface area contributed by atoms with Crippen molar-refractivity contribution in [2.24, 2.45) is 11.3 Å². The zero-order valence-electron chi connectivity index (χ0n) is 11.1. The maximum atomic E-state index is 12.7. The van der Waals surface area contributed by atoms with Crippen LogP contribution < -0.4 is 16.6 Å². The van der Waals surface area contributed by atoms with Crippen LogP contribution in [-0.2, 0) is 6.18 Å². The molecule has 1 amide bonds. The minimum absolute atomic E-state index is 0.00635. The molecule has 1 aliphatic carbocycles. The predicted octanol–water partition coefficient (Wildman–Crippen LogP) is 2.52. The highest BCUT2D eigenvalue weighted by molar-refractivity contribution is 6.00. The normalized spacial score (nSPS) is 20.4. The number of halogens is 3. The Hall–Kier alpha value is -1.76. The first-order valence-electron chi connectivity index (χ1n) is 6.14. The van der Waals surface area contributed by atoms with Crippen molar-refractivity contribution >= 4 is 11.6 Å². The first-order valence-corrected chi connectivity index (χ1v) is 6.14. The molecule has 1 aromatic rings. The van der Waals surface area contributed by atoms with E-state index in [-0.39, 0.29) is 22.7 Å². The van der Waals surface area contributed by atoms with Gasteiger partial charge in [-0.05, 0) is 30.0 Å². The molecule has 0 heterocycles. The Bertz CT molecular complexity index is 540. The van der Waals surface area contributed by atoms with Crippen molar-refractivity contribution in [3.8, 4) is 0 Å². The average molecular weight is 287 g/mol. The number of alkyl halides is 3. The largest absolute Gasteiger partial charge is 0.416 e. The molecule has 1 aromatic carbocycles. The van der Waals surface area contributed by atoms with Gasteiger partial charge in [0.15, 0.2) is 0 Å². The summed E-state index contributed by atoms with van der Waals surface area (Å²) < 4.78 is 38.0. The molecule has 1 fully saturated rings. The second kappa shape index (κ2) is 4.66. The van der Waals surface area contributed by atoms with Crippen LogP contribution in [-0.4, -0.2) is 11.9 Å². The van der Waals surface area contributed by atoms with E-state index in [1.54, 1.807) is 0 Å². The highest BCUT2D eigenvalue weighted by Gasteiger charge is 2.46. The smallest absolute Gasteiger partial charge is 0.349 e. The molecule has 110 valence electrons. The van der Waals surface area contributed by atoms with Gasteiger partial charge in [0.2, 0.25) is 0 Å². The van der Waals surface area contributed by atoms with Crippen molar-refractivity contribution in [1.82, 2.24) is 5.32 Å². The Kier molecular flexibility index (Phi) is 3.41. The summed E-state index contributed by atoms with van der Waals surface area (Å²) in [7, 11) is 0. The first kappa shape index (κ1) is 14.6. The molecular formula is C13H16F3N3O. The lowest BCUT2D eigenvalue weighted by molar-refractivity contribution is -0.137. The Labute approximate surface area is 114 Å². The van der Waals surface area contributed by atoms with E-state index in [9.17, 15) is 18.0 Å². The Morgan fingerprint density at radius 2 is 2.00 bits per heavy atom. The van der Waals surface area contributed by atoms with Crippen LogP contribution in [0.3, 0.4) is 0 Å². The van der Waals surface area contributed by atoms with E-state index in [2.05, 4.69) is 10.7 Å². The third-order valence-electron chi connectivity index (χ3n) is 3.57. The number of hydrogen-bond donors (Lipinski definition) is 3. The van der Waals surface area contributed by atoms with E-state index in [0.717, 1.165) is 24.6 Å². The van der Waals surface area contributed by atoms with Gasteiger partial charge in [0.25, 0.3) is 5.91 Å². The third-order valence-corrected chi connectivity index (χ3v) is 3.57. The molecule has 4 nitrogen and oxygen atoms in total. The van der Waals surface area contributed by atoms with Crippen LogP contribution in [0.25, 0.3) is 0 Å². The first-order chi connectivity index (χ1) is 9.15. The fourth-order valence-corrected chi connectivity index (χ4v) is 1.98. The summed E-state index contributed by atoms with van der Waals surface area (Å²) in [6, 6.07) is 2.82. The minimum atomic E-state index is -4.50. The lowest BCUT2D eigenvalue weighted by Crippen LogP contribution is -2.30. The Morgan fingerprint density at radius 3 is 2.45 bits per heavy atom. The Balaban J connectivity index is 2.26. The molecule has 1 atom stereocenters. The number of carbonyl (C=O) groups is 1. The molecule has 0 bridgehead atoms. The van der Waals surface area contributed by atoms with Gasteiger partial charge in [0.05, 0.1) is 16.8 Å². The van der Waals surface area contributed by atoms with Crippen LogP contribution >= 0.6 is 0 Å². The number of nitrogens with one attached hydrogen (secondary N) is 2. The summed E-state index contributed by atoms with van der Waals surface area (Å²) in [5.41, 5.74) is 1.41. The average Bonchev–Trinajstić information content (AvgIpc) is 2.94. The van der Waals surface area contributed by atoms with Crippen molar-refractivity contribution in [3.63, 3.8) is 0 Å². The number of amides is 1. The topological polar surface area (TPSA) is 67.2 Å². The molecule has 0 radical (unpaired) electrons. The third kappa shape index (κ3) is 2.87. The number of rotatable bonds is 3. The van der Waals surface area contributed by atoms with Gasteiger partial charge in [-0.3, -0.25) is 10.6 Å². The zero-order valence-corrected chi connectivity index (χ0v) is 11.1. The lowest BCUT2D eigenvalue weighted by Gasteiger charge is -2.14. The lowest BCUT2D eigenvalue weighted by atomic mass is 10.1. The zero-order chi connectivity index (χ0) is 15.1. The van der Waals surface area contributed by atoms with Gasteiger partial charge in [-0.1, -0.05) is 13.8 Å². The van der Waals surface area contributed by atoms with Gasteiger partial charge in [-0.25, -0.2) is 0 Å². The van der Waals surface area contributed by atoms with Crippen LogP contribution in [0.5, 0.6) is 0 Å². The summed E-state index contributed by atoms with van der Waals surface area (Å²) in [5, 5.41) is 2.71. The molecule has 0 saturated heterocycles. The van der Waals surface area contributed by atoms with E-state index >= 15 is 0 Å². The molecule has 0 aromatic heterocycles. The van der Waals surface area contributed by atoms with Crippen LogP contribution in [0, 0.1) is 5.41 Å². The fraction of sp³-hybridized carbons (Fsp3) is 0.462. The maximum Gasteiger partial charge on any atom is 0.416 e. The quantitative estimate of drug-likeness (QED) is 0.591. The molecule has 1 aliphatic rings. The molecule has 20 heavy (non-hydrogen) atoms. The van der Waals surface area contributed by atoms with Crippen LogP contribution in [0.2, 0.25) is 0 Å². The number of benzene rings is 1. The predicted molar refractivity (Wildman–Crippen MR) is 68.9 cm³/mol. The number of anilines is 1. The van der Waals surface area contributed by atoms with Gasteiger partial charge >= 0.3 is 6.18 Å². The molecule has 1 saturated carbocycles. The van der Waals surface area contributed by atoms with Crippen LogP contribution in [0.1, 0.15) is 36.2 Å². The molecule has 2 rings (SSSR count). The van der Waals surface area contributed by atoms with Gasteiger partial charge < -0.3 is 10.7 Å². The van der Waals surface area contributed by atoms with Crippen molar-refractivity contribution in [2.75, 3.05) is 5.43 Å². The van der Waals surface area contributed by atoms with Crippen molar-refractivity contribution in [1.29, 1.82) is 0 Å². The van der Waals surface area contributed by atoms with Crippen molar-refractivity contribution in [3.05, 3.63) is 29.3 Å². The van der Waals surface area contributed by atoms with Gasteiger partial charge in [-0.2, -0.15) is 13.2 Å².